The highest BCUT2D eigenvalue weighted by Crippen LogP contribution is 2.25. The fourth-order valence-corrected chi connectivity index (χ4v) is 3.01. The highest BCUT2D eigenvalue weighted by atomic mass is 32.2. The van der Waals surface area contributed by atoms with Crippen LogP contribution in [0.5, 0.6) is 0 Å². The van der Waals surface area contributed by atoms with Crippen molar-refractivity contribution in [3.8, 4) is 0 Å². The summed E-state index contributed by atoms with van der Waals surface area (Å²) in [6.07, 6.45) is 3.03. The van der Waals surface area contributed by atoms with Crippen molar-refractivity contribution in [1.29, 1.82) is 0 Å². The number of pyridine rings is 1. The quantitative estimate of drug-likeness (QED) is 0.825. The van der Waals surface area contributed by atoms with Crippen LogP contribution in [0.2, 0.25) is 0 Å². The number of hydrogen-bond donors (Lipinski definition) is 1. The second-order valence-electron chi connectivity index (χ2n) is 4.58. The predicted octanol–water partition coefficient (Wildman–Crippen LogP) is 4.03. The number of rotatable bonds is 7. The summed E-state index contributed by atoms with van der Waals surface area (Å²) in [5.41, 5.74) is 2.46. The molecular formula is C16H22N2S. The number of hydrogen-bond acceptors (Lipinski definition) is 3. The highest BCUT2D eigenvalue weighted by Gasteiger charge is 2.13. The zero-order valence-corrected chi connectivity index (χ0v) is 12.5. The van der Waals surface area contributed by atoms with Gasteiger partial charge >= 0.3 is 0 Å². The van der Waals surface area contributed by atoms with Crippen molar-refractivity contribution in [1.82, 2.24) is 10.3 Å². The van der Waals surface area contributed by atoms with E-state index in [0.29, 0.717) is 6.04 Å². The Labute approximate surface area is 120 Å². The van der Waals surface area contributed by atoms with E-state index in [1.165, 1.54) is 10.9 Å². The van der Waals surface area contributed by atoms with Gasteiger partial charge < -0.3 is 5.32 Å². The monoisotopic (exact) mass is 274 g/mol. The van der Waals surface area contributed by atoms with Crippen LogP contribution in [0.15, 0.2) is 36.5 Å². The second kappa shape index (κ2) is 7.51. The SMILES string of the molecule is CCCNC(CSCC)c1cccc2ncccc12. The molecule has 1 aromatic carbocycles. The zero-order valence-electron chi connectivity index (χ0n) is 11.7. The second-order valence-corrected chi connectivity index (χ2v) is 5.90. The molecule has 1 unspecified atom stereocenters. The van der Waals surface area contributed by atoms with Crippen molar-refractivity contribution in [2.75, 3.05) is 18.1 Å². The molecule has 0 aliphatic carbocycles. The molecule has 0 spiro atoms. The van der Waals surface area contributed by atoms with E-state index in [1.807, 2.05) is 24.0 Å². The minimum absolute atomic E-state index is 0.415. The predicted molar refractivity (Wildman–Crippen MR) is 85.8 cm³/mol. The Morgan fingerprint density at radius 1 is 1.21 bits per heavy atom. The van der Waals surface area contributed by atoms with Gasteiger partial charge in [-0.15, -0.1) is 0 Å². The molecule has 0 radical (unpaired) electrons. The third-order valence-electron chi connectivity index (χ3n) is 3.18. The Bertz CT molecular complexity index is 500. The Kier molecular flexibility index (Phi) is 5.67. The Hall–Kier alpha value is -1.06. The van der Waals surface area contributed by atoms with Gasteiger partial charge in [-0.2, -0.15) is 11.8 Å². The molecule has 0 saturated heterocycles. The molecule has 0 bridgehead atoms. The van der Waals surface area contributed by atoms with Crippen molar-refractivity contribution < 1.29 is 0 Å². The van der Waals surface area contributed by atoms with Gasteiger partial charge in [0, 0.05) is 23.4 Å². The molecular weight excluding hydrogens is 252 g/mol. The minimum atomic E-state index is 0.415. The third kappa shape index (κ3) is 3.71. The molecule has 3 heteroatoms. The van der Waals surface area contributed by atoms with Crippen LogP contribution in [0, 0.1) is 0 Å². The van der Waals surface area contributed by atoms with Crippen molar-refractivity contribution >= 4 is 22.7 Å². The number of aromatic nitrogens is 1. The molecule has 0 fully saturated rings. The van der Waals surface area contributed by atoms with Crippen LogP contribution in [0.4, 0.5) is 0 Å². The lowest BCUT2D eigenvalue weighted by molar-refractivity contribution is 0.580. The summed E-state index contributed by atoms with van der Waals surface area (Å²) in [5.74, 6) is 2.28. The average molecular weight is 274 g/mol. The highest BCUT2D eigenvalue weighted by molar-refractivity contribution is 7.99. The summed E-state index contributed by atoms with van der Waals surface area (Å²) in [6.45, 7) is 5.49. The van der Waals surface area contributed by atoms with E-state index >= 15 is 0 Å². The fraction of sp³-hybridized carbons (Fsp3) is 0.438. The lowest BCUT2D eigenvalue weighted by atomic mass is 10.0. The van der Waals surface area contributed by atoms with Crippen LogP contribution >= 0.6 is 11.8 Å². The maximum absolute atomic E-state index is 4.45. The molecule has 1 atom stereocenters. The lowest BCUT2D eigenvalue weighted by Gasteiger charge is -2.20. The number of nitrogens with one attached hydrogen (secondary N) is 1. The van der Waals surface area contributed by atoms with Crippen LogP contribution in [0.3, 0.4) is 0 Å². The Morgan fingerprint density at radius 3 is 2.89 bits per heavy atom. The molecule has 0 saturated carbocycles. The van der Waals surface area contributed by atoms with E-state index in [0.717, 1.165) is 30.0 Å². The topological polar surface area (TPSA) is 24.9 Å². The van der Waals surface area contributed by atoms with Gasteiger partial charge in [-0.05, 0) is 36.4 Å². The van der Waals surface area contributed by atoms with Gasteiger partial charge in [0.2, 0.25) is 0 Å². The number of nitrogens with zero attached hydrogens (tertiary/aromatic N) is 1. The average Bonchev–Trinajstić information content (AvgIpc) is 2.47. The van der Waals surface area contributed by atoms with Crippen molar-refractivity contribution in [2.24, 2.45) is 0 Å². The van der Waals surface area contributed by atoms with E-state index in [-0.39, 0.29) is 0 Å². The third-order valence-corrected chi connectivity index (χ3v) is 4.16. The minimum Gasteiger partial charge on any atom is -0.309 e. The number of thioether (sulfide) groups is 1. The first kappa shape index (κ1) is 14.4. The zero-order chi connectivity index (χ0) is 13.5. The van der Waals surface area contributed by atoms with Crippen molar-refractivity contribution in [3.05, 3.63) is 42.1 Å². The van der Waals surface area contributed by atoms with Gasteiger partial charge in [-0.1, -0.05) is 32.0 Å². The van der Waals surface area contributed by atoms with E-state index in [1.54, 1.807) is 0 Å². The summed E-state index contributed by atoms with van der Waals surface area (Å²) in [6, 6.07) is 11.0. The molecule has 1 N–H and O–H groups in total. The van der Waals surface area contributed by atoms with E-state index in [4.69, 9.17) is 0 Å². The van der Waals surface area contributed by atoms with Crippen LogP contribution < -0.4 is 5.32 Å². The first-order valence-corrected chi connectivity index (χ1v) is 8.17. The molecule has 2 rings (SSSR count). The summed E-state index contributed by atoms with van der Waals surface area (Å²) < 4.78 is 0. The number of fused-ring (bicyclic) bond motifs is 1. The largest absolute Gasteiger partial charge is 0.309 e. The van der Waals surface area contributed by atoms with Gasteiger partial charge in [-0.25, -0.2) is 0 Å². The molecule has 0 amide bonds. The van der Waals surface area contributed by atoms with Gasteiger partial charge in [0.1, 0.15) is 0 Å². The summed E-state index contributed by atoms with van der Waals surface area (Å²) in [5, 5.41) is 4.94. The van der Waals surface area contributed by atoms with Crippen LogP contribution in [0.1, 0.15) is 31.9 Å². The van der Waals surface area contributed by atoms with Crippen LogP contribution in [-0.2, 0) is 0 Å². The summed E-state index contributed by atoms with van der Waals surface area (Å²) >= 11 is 1.99. The molecule has 2 aromatic rings. The molecule has 1 heterocycles. The molecule has 0 aliphatic rings. The van der Waals surface area contributed by atoms with Crippen molar-refractivity contribution in [3.63, 3.8) is 0 Å². The van der Waals surface area contributed by atoms with Crippen LogP contribution in [0.25, 0.3) is 10.9 Å². The number of benzene rings is 1. The first-order chi connectivity index (χ1) is 9.36. The van der Waals surface area contributed by atoms with E-state index in [9.17, 15) is 0 Å². The smallest absolute Gasteiger partial charge is 0.0705 e. The van der Waals surface area contributed by atoms with Gasteiger partial charge in [-0.3, -0.25) is 4.98 Å². The molecule has 0 aliphatic heterocycles. The first-order valence-electron chi connectivity index (χ1n) is 7.01. The normalized spacial score (nSPS) is 12.7. The van der Waals surface area contributed by atoms with E-state index in [2.05, 4.69) is 48.4 Å². The summed E-state index contributed by atoms with van der Waals surface area (Å²) in [7, 11) is 0. The molecule has 2 nitrogen and oxygen atoms in total. The van der Waals surface area contributed by atoms with E-state index < -0.39 is 0 Å². The molecule has 19 heavy (non-hydrogen) atoms. The fourth-order valence-electron chi connectivity index (χ4n) is 2.24. The standard InChI is InChI=1S/C16H22N2S/c1-3-10-17-16(12-19-4-2)14-7-5-9-15-13(14)8-6-11-18-15/h5-9,11,16-17H,3-4,10,12H2,1-2H3. The van der Waals surface area contributed by atoms with Gasteiger partial charge in [0.15, 0.2) is 0 Å². The summed E-state index contributed by atoms with van der Waals surface area (Å²) in [4.78, 5) is 4.45. The van der Waals surface area contributed by atoms with Crippen molar-refractivity contribution in [2.45, 2.75) is 26.3 Å². The maximum atomic E-state index is 4.45. The lowest BCUT2D eigenvalue weighted by Crippen LogP contribution is -2.24. The molecule has 102 valence electrons. The van der Waals surface area contributed by atoms with Gasteiger partial charge in [0.05, 0.1) is 5.52 Å². The Balaban J connectivity index is 2.31. The van der Waals surface area contributed by atoms with Gasteiger partial charge in [0.25, 0.3) is 0 Å². The van der Waals surface area contributed by atoms with Crippen LogP contribution in [-0.4, -0.2) is 23.0 Å². The Morgan fingerprint density at radius 2 is 2.11 bits per heavy atom. The maximum Gasteiger partial charge on any atom is 0.0705 e. The molecule has 1 aromatic heterocycles.